The van der Waals surface area contributed by atoms with E-state index in [0.717, 1.165) is 26.0 Å². The Bertz CT molecular complexity index is 496. The molecule has 0 radical (unpaired) electrons. The summed E-state index contributed by atoms with van der Waals surface area (Å²) >= 11 is 0. The standard InChI is InChI=1S/C16H21NO3/c1-2-20-14-8-13(9-14)17-10-12-6-4-3-5-11(12)7-15(17)16(18)19/h3-6,13-15H,2,7-10H2,1H3,(H,18,19). The van der Waals surface area contributed by atoms with E-state index in [9.17, 15) is 9.90 Å². The number of nitrogens with zero attached hydrogens (tertiary/aromatic N) is 1. The Kier molecular flexibility index (Phi) is 3.76. The molecule has 1 aliphatic heterocycles. The normalized spacial score (nSPS) is 29.6. The van der Waals surface area contributed by atoms with Gasteiger partial charge in [-0.15, -0.1) is 0 Å². The van der Waals surface area contributed by atoms with Gasteiger partial charge in [0.25, 0.3) is 0 Å². The van der Waals surface area contributed by atoms with Crippen molar-refractivity contribution >= 4 is 5.97 Å². The Morgan fingerprint density at radius 1 is 1.35 bits per heavy atom. The third-order valence-corrected chi connectivity index (χ3v) is 4.51. The van der Waals surface area contributed by atoms with Crippen LogP contribution in [0, 0.1) is 0 Å². The first kappa shape index (κ1) is 13.6. The summed E-state index contributed by atoms with van der Waals surface area (Å²) in [6.07, 6.45) is 2.84. The third kappa shape index (κ3) is 2.45. The summed E-state index contributed by atoms with van der Waals surface area (Å²) in [5.74, 6) is -0.709. The molecule has 1 fully saturated rings. The van der Waals surface area contributed by atoms with Crippen LogP contribution in [0.1, 0.15) is 30.9 Å². The molecule has 0 saturated heterocycles. The van der Waals surface area contributed by atoms with Crippen molar-refractivity contribution in [2.24, 2.45) is 0 Å². The van der Waals surface area contributed by atoms with Crippen molar-refractivity contribution < 1.29 is 14.6 Å². The molecule has 1 N–H and O–H groups in total. The van der Waals surface area contributed by atoms with E-state index in [1.807, 2.05) is 25.1 Å². The highest BCUT2D eigenvalue weighted by molar-refractivity contribution is 5.74. The van der Waals surface area contributed by atoms with Gasteiger partial charge in [0.05, 0.1) is 6.10 Å². The van der Waals surface area contributed by atoms with Crippen LogP contribution < -0.4 is 0 Å². The Labute approximate surface area is 119 Å². The van der Waals surface area contributed by atoms with E-state index in [-0.39, 0.29) is 0 Å². The minimum Gasteiger partial charge on any atom is -0.480 e. The van der Waals surface area contributed by atoms with Crippen LogP contribution in [-0.2, 0) is 22.5 Å². The molecule has 3 rings (SSSR count). The minimum atomic E-state index is -0.709. The van der Waals surface area contributed by atoms with Crippen LogP contribution in [0.25, 0.3) is 0 Å². The summed E-state index contributed by atoms with van der Waals surface area (Å²) in [6.45, 7) is 3.49. The third-order valence-electron chi connectivity index (χ3n) is 4.51. The second-order valence-electron chi connectivity index (χ2n) is 5.70. The van der Waals surface area contributed by atoms with Gasteiger partial charge >= 0.3 is 5.97 Å². The number of hydrogen-bond acceptors (Lipinski definition) is 3. The lowest BCUT2D eigenvalue weighted by Gasteiger charge is -2.47. The molecule has 0 aromatic heterocycles. The maximum absolute atomic E-state index is 11.6. The summed E-state index contributed by atoms with van der Waals surface area (Å²) < 4.78 is 5.59. The van der Waals surface area contributed by atoms with Crippen molar-refractivity contribution in [3.05, 3.63) is 35.4 Å². The number of carboxylic acid groups (broad SMARTS) is 1. The summed E-state index contributed by atoms with van der Waals surface area (Å²) in [6, 6.07) is 8.13. The zero-order valence-corrected chi connectivity index (χ0v) is 11.8. The molecule has 0 amide bonds. The molecule has 4 heteroatoms. The van der Waals surface area contributed by atoms with Crippen molar-refractivity contribution in [1.82, 2.24) is 4.90 Å². The second-order valence-corrected chi connectivity index (χ2v) is 5.70. The van der Waals surface area contributed by atoms with Crippen LogP contribution in [0.3, 0.4) is 0 Å². The van der Waals surface area contributed by atoms with Crippen LogP contribution in [0.5, 0.6) is 0 Å². The zero-order chi connectivity index (χ0) is 14.1. The molecule has 20 heavy (non-hydrogen) atoms. The lowest BCUT2D eigenvalue weighted by molar-refractivity contribution is -0.148. The predicted octanol–water partition coefficient (Wildman–Crippen LogP) is 2.07. The zero-order valence-electron chi connectivity index (χ0n) is 11.8. The van der Waals surface area contributed by atoms with E-state index < -0.39 is 12.0 Å². The van der Waals surface area contributed by atoms with Crippen LogP contribution >= 0.6 is 0 Å². The van der Waals surface area contributed by atoms with Gasteiger partial charge in [-0.25, -0.2) is 0 Å². The highest BCUT2D eigenvalue weighted by atomic mass is 16.5. The highest BCUT2D eigenvalue weighted by Crippen LogP contribution is 2.34. The van der Waals surface area contributed by atoms with Crippen molar-refractivity contribution in [3.63, 3.8) is 0 Å². The Morgan fingerprint density at radius 3 is 2.70 bits per heavy atom. The first-order chi connectivity index (χ1) is 9.69. The molecule has 1 aliphatic carbocycles. The Hall–Kier alpha value is -1.39. The van der Waals surface area contributed by atoms with E-state index in [0.29, 0.717) is 18.6 Å². The van der Waals surface area contributed by atoms with Gasteiger partial charge < -0.3 is 9.84 Å². The summed E-state index contributed by atoms with van der Waals surface area (Å²) in [5, 5.41) is 9.50. The molecule has 1 atom stereocenters. The number of hydrogen-bond donors (Lipinski definition) is 1. The molecular formula is C16H21NO3. The topological polar surface area (TPSA) is 49.8 Å². The first-order valence-corrected chi connectivity index (χ1v) is 7.36. The number of rotatable bonds is 4. The van der Waals surface area contributed by atoms with Crippen LogP contribution in [0.4, 0.5) is 0 Å². The smallest absolute Gasteiger partial charge is 0.321 e. The van der Waals surface area contributed by atoms with Crippen molar-refractivity contribution in [1.29, 1.82) is 0 Å². The van der Waals surface area contributed by atoms with Crippen molar-refractivity contribution in [3.8, 4) is 0 Å². The molecule has 0 bridgehead atoms. The Balaban J connectivity index is 1.74. The number of aliphatic carboxylic acids is 1. The van der Waals surface area contributed by atoms with E-state index in [1.54, 1.807) is 0 Å². The molecule has 4 nitrogen and oxygen atoms in total. The number of benzene rings is 1. The van der Waals surface area contributed by atoms with E-state index in [1.165, 1.54) is 11.1 Å². The molecule has 2 aliphatic rings. The van der Waals surface area contributed by atoms with Crippen LogP contribution in [-0.4, -0.2) is 40.8 Å². The van der Waals surface area contributed by atoms with Gasteiger partial charge in [-0.1, -0.05) is 24.3 Å². The molecule has 108 valence electrons. The monoisotopic (exact) mass is 275 g/mol. The minimum absolute atomic E-state index is 0.316. The van der Waals surface area contributed by atoms with Crippen molar-refractivity contribution in [2.45, 2.75) is 50.9 Å². The van der Waals surface area contributed by atoms with E-state index in [2.05, 4.69) is 11.0 Å². The van der Waals surface area contributed by atoms with Crippen molar-refractivity contribution in [2.75, 3.05) is 6.61 Å². The highest BCUT2D eigenvalue weighted by Gasteiger charge is 2.41. The number of ether oxygens (including phenoxy) is 1. The molecule has 0 spiro atoms. The van der Waals surface area contributed by atoms with Gasteiger partial charge in [0.1, 0.15) is 6.04 Å². The fourth-order valence-electron chi connectivity index (χ4n) is 3.34. The molecule has 1 saturated carbocycles. The van der Waals surface area contributed by atoms with Gasteiger partial charge in [0.2, 0.25) is 0 Å². The predicted molar refractivity (Wildman–Crippen MR) is 75.5 cm³/mol. The van der Waals surface area contributed by atoms with Gasteiger partial charge in [0, 0.05) is 19.2 Å². The van der Waals surface area contributed by atoms with E-state index >= 15 is 0 Å². The molecule has 1 aromatic rings. The fraction of sp³-hybridized carbons (Fsp3) is 0.562. The SMILES string of the molecule is CCOC1CC(N2Cc3ccccc3CC2C(=O)O)C1. The van der Waals surface area contributed by atoms with Gasteiger partial charge in [-0.3, -0.25) is 9.69 Å². The fourth-order valence-corrected chi connectivity index (χ4v) is 3.34. The number of carboxylic acids is 1. The number of carbonyl (C=O) groups is 1. The Morgan fingerprint density at radius 2 is 2.05 bits per heavy atom. The maximum atomic E-state index is 11.6. The maximum Gasteiger partial charge on any atom is 0.321 e. The molecule has 1 aromatic carbocycles. The number of fused-ring (bicyclic) bond motifs is 1. The van der Waals surface area contributed by atoms with Crippen LogP contribution in [0.2, 0.25) is 0 Å². The molecular weight excluding hydrogens is 254 g/mol. The average Bonchev–Trinajstić information content (AvgIpc) is 2.41. The summed E-state index contributed by atoms with van der Waals surface area (Å²) in [5.41, 5.74) is 2.45. The van der Waals surface area contributed by atoms with Gasteiger partial charge in [-0.2, -0.15) is 0 Å². The quantitative estimate of drug-likeness (QED) is 0.914. The second kappa shape index (κ2) is 5.54. The van der Waals surface area contributed by atoms with Gasteiger partial charge in [0.15, 0.2) is 0 Å². The van der Waals surface area contributed by atoms with E-state index in [4.69, 9.17) is 4.74 Å². The molecule has 1 unspecified atom stereocenters. The van der Waals surface area contributed by atoms with Gasteiger partial charge in [-0.05, 0) is 37.3 Å². The largest absolute Gasteiger partial charge is 0.480 e. The lowest BCUT2D eigenvalue weighted by atomic mass is 9.83. The first-order valence-electron chi connectivity index (χ1n) is 7.36. The lowest BCUT2D eigenvalue weighted by Crippen LogP contribution is -2.56. The summed E-state index contributed by atoms with van der Waals surface area (Å²) in [4.78, 5) is 13.7. The molecule has 1 heterocycles. The summed E-state index contributed by atoms with van der Waals surface area (Å²) in [7, 11) is 0. The van der Waals surface area contributed by atoms with Crippen LogP contribution in [0.15, 0.2) is 24.3 Å². The average molecular weight is 275 g/mol.